The van der Waals surface area contributed by atoms with Crippen LogP contribution < -0.4 is 16.0 Å². The summed E-state index contributed by atoms with van der Waals surface area (Å²) in [6, 6.07) is 7.82. The molecule has 8 heteroatoms. The van der Waals surface area contributed by atoms with Gasteiger partial charge in [-0.1, -0.05) is 12.1 Å². The fraction of sp³-hybridized carbons (Fsp3) is 0.652. The number of hydrogen-bond acceptors (Lipinski definition) is 5. The van der Waals surface area contributed by atoms with Crippen molar-refractivity contribution < 1.29 is 14.3 Å². The molecule has 8 nitrogen and oxygen atoms in total. The average Bonchev–Trinajstić information content (AvgIpc) is 2.72. The molecular formula is C23H39N5O3. The van der Waals surface area contributed by atoms with Gasteiger partial charge in [-0.05, 0) is 58.2 Å². The number of nitrogens with zero attached hydrogens (tertiary/aromatic N) is 2. The minimum atomic E-state index is -0.510. The molecule has 2 rings (SSSR count). The van der Waals surface area contributed by atoms with E-state index < -0.39 is 11.7 Å². The fourth-order valence-corrected chi connectivity index (χ4v) is 3.15. The van der Waals surface area contributed by atoms with Crippen molar-refractivity contribution in [1.82, 2.24) is 15.5 Å². The lowest BCUT2D eigenvalue weighted by molar-refractivity contribution is 0.0377. The van der Waals surface area contributed by atoms with Gasteiger partial charge in [0.1, 0.15) is 5.60 Å². The lowest BCUT2D eigenvalue weighted by Crippen LogP contribution is -2.39. The number of amides is 1. The number of aliphatic imine (C=N–C) groups is 1. The molecule has 0 saturated carbocycles. The fourth-order valence-electron chi connectivity index (χ4n) is 3.15. The molecule has 1 saturated heterocycles. The molecule has 0 bridgehead atoms. The number of morpholine rings is 1. The molecule has 1 aliphatic rings. The van der Waals surface area contributed by atoms with E-state index in [1.807, 2.05) is 45.0 Å². The molecule has 1 amide bonds. The van der Waals surface area contributed by atoms with Crippen LogP contribution in [0.1, 0.15) is 39.7 Å². The van der Waals surface area contributed by atoms with Crippen molar-refractivity contribution in [3.63, 3.8) is 0 Å². The number of rotatable bonds is 9. The second-order valence-electron chi connectivity index (χ2n) is 8.57. The van der Waals surface area contributed by atoms with Gasteiger partial charge in [-0.15, -0.1) is 0 Å². The summed E-state index contributed by atoms with van der Waals surface area (Å²) in [6.45, 7) is 14.8. The first-order valence-electron chi connectivity index (χ1n) is 11.3. The highest BCUT2D eigenvalue weighted by Crippen LogP contribution is 2.13. The maximum atomic E-state index is 11.8. The van der Waals surface area contributed by atoms with Crippen LogP contribution in [0.4, 0.5) is 10.5 Å². The number of carbonyl (C=O) groups is 1. The first-order valence-corrected chi connectivity index (χ1v) is 11.3. The summed E-state index contributed by atoms with van der Waals surface area (Å²) in [5.41, 5.74) is 1.40. The molecule has 3 N–H and O–H groups in total. The van der Waals surface area contributed by atoms with Gasteiger partial charge in [-0.3, -0.25) is 15.2 Å². The van der Waals surface area contributed by atoms with Gasteiger partial charge in [0.2, 0.25) is 0 Å². The maximum absolute atomic E-state index is 11.8. The van der Waals surface area contributed by atoms with Crippen molar-refractivity contribution in [2.24, 2.45) is 4.99 Å². The summed E-state index contributed by atoms with van der Waals surface area (Å²) in [4.78, 5) is 19.0. The molecule has 1 aromatic carbocycles. The zero-order valence-electron chi connectivity index (χ0n) is 19.5. The Hall–Kier alpha value is -2.32. The van der Waals surface area contributed by atoms with Crippen LogP contribution in [0.2, 0.25) is 0 Å². The Balaban J connectivity index is 1.70. The molecule has 0 aromatic heterocycles. The van der Waals surface area contributed by atoms with Crippen LogP contribution in [-0.2, 0) is 15.9 Å². The van der Waals surface area contributed by atoms with Gasteiger partial charge in [0.05, 0.1) is 13.2 Å². The molecular weight excluding hydrogens is 394 g/mol. The van der Waals surface area contributed by atoms with Crippen molar-refractivity contribution in [1.29, 1.82) is 0 Å². The van der Waals surface area contributed by atoms with Gasteiger partial charge < -0.3 is 20.1 Å². The molecule has 1 heterocycles. The SMILES string of the molecule is CCNC(=NCCCN1CCOCC1)NCCc1ccc(NC(=O)OC(C)(C)C)cc1. The number of carbonyl (C=O) groups excluding carboxylic acids is 1. The highest BCUT2D eigenvalue weighted by Gasteiger charge is 2.16. The maximum Gasteiger partial charge on any atom is 0.412 e. The second kappa shape index (κ2) is 13.2. The third-order valence-corrected chi connectivity index (χ3v) is 4.66. The average molecular weight is 434 g/mol. The van der Waals surface area contributed by atoms with Crippen LogP contribution >= 0.6 is 0 Å². The summed E-state index contributed by atoms with van der Waals surface area (Å²) in [6.07, 6.45) is 1.47. The first kappa shape index (κ1) is 24.9. The predicted molar refractivity (Wildman–Crippen MR) is 126 cm³/mol. The largest absolute Gasteiger partial charge is 0.444 e. The zero-order chi connectivity index (χ0) is 22.5. The van der Waals surface area contributed by atoms with Crippen molar-refractivity contribution in [3.8, 4) is 0 Å². The Labute approximate surface area is 186 Å². The first-order chi connectivity index (χ1) is 14.9. The minimum absolute atomic E-state index is 0.443. The van der Waals surface area contributed by atoms with Crippen molar-refractivity contribution >= 4 is 17.7 Å². The van der Waals surface area contributed by atoms with E-state index in [9.17, 15) is 4.79 Å². The molecule has 1 aromatic rings. The standard InChI is InChI=1S/C23H39N5O3/c1-5-24-21(25-12-6-14-28-15-17-30-18-16-28)26-13-11-19-7-9-20(10-8-19)27-22(29)31-23(2,3)4/h7-10H,5-6,11-18H2,1-4H3,(H,27,29)(H2,24,25,26). The molecule has 0 spiro atoms. The van der Waals surface area contributed by atoms with E-state index in [0.717, 1.165) is 77.0 Å². The van der Waals surface area contributed by atoms with Gasteiger partial charge in [0, 0.05) is 45.0 Å². The predicted octanol–water partition coefficient (Wildman–Crippen LogP) is 2.85. The van der Waals surface area contributed by atoms with Crippen LogP contribution in [0.5, 0.6) is 0 Å². The number of ether oxygens (including phenoxy) is 2. The molecule has 31 heavy (non-hydrogen) atoms. The molecule has 1 aliphatic heterocycles. The number of nitrogens with one attached hydrogen (secondary N) is 3. The number of guanidine groups is 1. The van der Waals surface area contributed by atoms with E-state index in [1.165, 1.54) is 5.56 Å². The quantitative estimate of drug-likeness (QED) is 0.315. The normalized spacial score (nSPS) is 15.4. The Morgan fingerprint density at radius 1 is 1.16 bits per heavy atom. The topological polar surface area (TPSA) is 87.2 Å². The highest BCUT2D eigenvalue weighted by molar-refractivity contribution is 5.84. The van der Waals surface area contributed by atoms with Gasteiger partial charge in [-0.25, -0.2) is 4.79 Å². The van der Waals surface area contributed by atoms with E-state index in [2.05, 4.69) is 32.8 Å². The highest BCUT2D eigenvalue weighted by atomic mass is 16.6. The van der Waals surface area contributed by atoms with Crippen LogP contribution in [-0.4, -0.2) is 75.0 Å². The Kier molecular flexibility index (Phi) is 10.6. The Morgan fingerprint density at radius 3 is 2.52 bits per heavy atom. The van der Waals surface area contributed by atoms with Crippen LogP contribution in [0.3, 0.4) is 0 Å². The Morgan fingerprint density at radius 2 is 1.87 bits per heavy atom. The van der Waals surface area contributed by atoms with E-state index in [0.29, 0.717) is 0 Å². The third kappa shape index (κ3) is 11.0. The second-order valence-corrected chi connectivity index (χ2v) is 8.57. The van der Waals surface area contributed by atoms with E-state index in [1.54, 1.807) is 0 Å². The van der Waals surface area contributed by atoms with Gasteiger partial charge >= 0.3 is 6.09 Å². The smallest absolute Gasteiger partial charge is 0.412 e. The van der Waals surface area contributed by atoms with Crippen LogP contribution in [0, 0.1) is 0 Å². The minimum Gasteiger partial charge on any atom is -0.444 e. The molecule has 0 aliphatic carbocycles. The summed E-state index contributed by atoms with van der Waals surface area (Å²) in [5, 5.41) is 9.45. The van der Waals surface area contributed by atoms with Crippen LogP contribution in [0.15, 0.2) is 29.3 Å². The summed E-state index contributed by atoms with van der Waals surface area (Å²) in [7, 11) is 0. The molecule has 0 radical (unpaired) electrons. The molecule has 1 fully saturated rings. The number of anilines is 1. The monoisotopic (exact) mass is 433 g/mol. The number of hydrogen-bond donors (Lipinski definition) is 3. The van der Waals surface area contributed by atoms with E-state index >= 15 is 0 Å². The van der Waals surface area contributed by atoms with Crippen LogP contribution in [0.25, 0.3) is 0 Å². The van der Waals surface area contributed by atoms with Crippen molar-refractivity contribution in [3.05, 3.63) is 29.8 Å². The lowest BCUT2D eigenvalue weighted by Gasteiger charge is -2.26. The molecule has 0 unspecified atom stereocenters. The Bertz CT molecular complexity index is 679. The molecule has 0 atom stereocenters. The summed E-state index contributed by atoms with van der Waals surface area (Å²) >= 11 is 0. The van der Waals surface area contributed by atoms with Crippen molar-refractivity contribution in [2.75, 3.05) is 57.8 Å². The zero-order valence-corrected chi connectivity index (χ0v) is 19.5. The third-order valence-electron chi connectivity index (χ3n) is 4.66. The van der Waals surface area contributed by atoms with E-state index in [4.69, 9.17) is 9.47 Å². The summed E-state index contributed by atoms with van der Waals surface area (Å²) in [5.74, 6) is 0.854. The van der Waals surface area contributed by atoms with Gasteiger partial charge in [0.25, 0.3) is 0 Å². The molecule has 174 valence electrons. The van der Waals surface area contributed by atoms with Crippen molar-refractivity contribution in [2.45, 2.75) is 46.1 Å². The van der Waals surface area contributed by atoms with Gasteiger partial charge in [-0.2, -0.15) is 0 Å². The van der Waals surface area contributed by atoms with E-state index in [-0.39, 0.29) is 0 Å². The lowest BCUT2D eigenvalue weighted by atomic mass is 10.1. The van der Waals surface area contributed by atoms with Gasteiger partial charge in [0.15, 0.2) is 5.96 Å². The number of benzene rings is 1. The summed E-state index contributed by atoms with van der Waals surface area (Å²) < 4.78 is 10.7.